The first-order valence-electron chi connectivity index (χ1n) is 17.0. The number of hydrogen-bond donors (Lipinski definition) is 1. The molecule has 0 saturated carbocycles. The predicted octanol–water partition coefficient (Wildman–Crippen LogP) is 4.10. The maximum Gasteiger partial charge on any atom is 0.319 e. The number of nitrogens with two attached hydrogens (primary N) is 1. The Morgan fingerprint density at radius 1 is 1.14 bits per heavy atom. The average Bonchev–Trinajstić information content (AvgIpc) is 3.74. The van der Waals surface area contributed by atoms with Crippen LogP contribution in [-0.2, 0) is 4.79 Å². The second-order valence-corrected chi connectivity index (χ2v) is 13.0. The zero-order valence-electron chi connectivity index (χ0n) is 27.6. The summed E-state index contributed by atoms with van der Waals surface area (Å²) in [5, 5.41) is 6.98. The molecule has 0 aliphatic carbocycles. The summed E-state index contributed by atoms with van der Waals surface area (Å²) in [7, 11) is 0. The topological polar surface area (TPSA) is 100 Å². The summed E-state index contributed by atoms with van der Waals surface area (Å²) in [6.07, 6.45) is 11.1. The van der Waals surface area contributed by atoms with Crippen LogP contribution in [0.15, 0.2) is 36.5 Å². The molecule has 4 saturated heterocycles. The largest absolute Gasteiger partial charge is 0.461 e. The van der Waals surface area contributed by atoms with E-state index < -0.39 is 23.3 Å². The second-order valence-electron chi connectivity index (χ2n) is 13.0. The van der Waals surface area contributed by atoms with Gasteiger partial charge in [-0.25, -0.2) is 13.2 Å². The highest BCUT2D eigenvalue weighted by Crippen LogP contribution is 2.42. The first kappa shape index (κ1) is 32.8. The van der Waals surface area contributed by atoms with E-state index in [4.69, 9.17) is 21.6 Å². The quantitative estimate of drug-likeness (QED) is 0.244. The zero-order chi connectivity index (χ0) is 34.4. The summed E-state index contributed by atoms with van der Waals surface area (Å²) in [6.45, 7) is 6.26. The molecule has 0 spiro atoms. The van der Waals surface area contributed by atoms with Crippen molar-refractivity contribution in [2.45, 2.75) is 69.7 Å². The van der Waals surface area contributed by atoms with Crippen LogP contribution in [0.4, 0.5) is 19.0 Å². The molecular weight excluding hydrogens is 631 g/mol. The highest BCUT2D eigenvalue weighted by molar-refractivity contribution is 6.23. The van der Waals surface area contributed by atoms with E-state index >= 15 is 4.39 Å². The Hall–Kier alpha value is -4.76. The molecule has 12 heteroatoms. The molecule has 4 aliphatic heterocycles. The molecule has 254 valence electrons. The Balaban J connectivity index is 0.00000186. The maximum atomic E-state index is 16.8. The number of alkyl halides is 1. The number of aromatic nitrogens is 3. The van der Waals surface area contributed by atoms with Crippen molar-refractivity contribution in [3.05, 3.63) is 53.7 Å². The van der Waals surface area contributed by atoms with Gasteiger partial charge < -0.3 is 14.5 Å². The molecule has 2 aromatic heterocycles. The van der Waals surface area contributed by atoms with Gasteiger partial charge in [0.15, 0.2) is 5.82 Å². The van der Waals surface area contributed by atoms with Gasteiger partial charge in [-0.15, -0.1) is 6.42 Å². The second kappa shape index (κ2) is 12.9. The number of benzene rings is 2. The van der Waals surface area contributed by atoms with Gasteiger partial charge >= 0.3 is 11.9 Å². The van der Waals surface area contributed by atoms with Crippen molar-refractivity contribution in [1.29, 1.82) is 0 Å². The van der Waals surface area contributed by atoms with Gasteiger partial charge in [0.25, 0.3) is 0 Å². The van der Waals surface area contributed by atoms with Gasteiger partial charge in [-0.05, 0) is 43.7 Å². The Labute approximate surface area is 283 Å². The molecule has 1 amide bonds. The van der Waals surface area contributed by atoms with Crippen LogP contribution in [0.2, 0.25) is 0 Å². The molecule has 0 radical (unpaired) electrons. The minimum atomic E-state index is -0.934. The van der Waals surface area contributed by atoms with Crippen LogP contribution < -0.4 is 15.0 Å². The van der Waals surface area contributed by atoms with E-state index in [0.717, 1.165) is 38.4 Å². The van der Waals surface area contributed by atoms with E-state index in [1.807, 2.05) is 23.6 Å². The van der Waals surface area contributed by atoms with Crippen LogP contribution in [0, 0.1) is 24.0 Å². The molecule has 2 aromatic carbocycles. The standard InChI is InChI=1S/C35H32F3N7O2.C2H6/c1-2-24-27(37)10-7-20-5-3-6-25(29(20)24)31-30(38)32-26(15-40-31)33(43-17-22-8-9-23(18-43)45(22)28(46)14-39)42-34(41-32)47-19-35-11-4-12-44(35)16-21(36)13-35;1-2/h1,3,5-7,10,14-15,21-23,39H,4,8-9,11-13,16-19H2;1-2H3/p+1. The molecule has 4 aliphatic rings. The van der Waals surface area contributed by atoms with Gasteiger partial charge in [-0.1, -0.05) is 44.0 Å². The SMILES string of the molecule is C#Cc1c(F)ccc2cccc(-c3ncc4c(N5CC6CCC(C5)N6C(=O)C=[NH2+])nc(OCC56CCCN5CC(F)C6)nc4c3F)c12.CC. The number of hydrogen-bond acceptors (Lipinski definition) is 7. The van der Waals surface area contributed by atoms with Crippen molar-refractivity contribution >= 4 is 39.6 Å². The molecule has 9 nitrogen and oxygen atoms in total. The number of nitrogens with zero attached hydrogens (tertiary/aromatic N) is 6. The van der Waals surface area contributed by atoms with E-state index in [-0.39, 0.29) is 47.4 Å². The number of pyridine rings is 1. The van der Waals surface area contributed by atoms with Gasteiger partial charge in [0.05, 0.1) is 28.6 Å². The van der Waals surface area contributed by atoms with Gasteiger partial charge in [0.1, 0.15) is 35.6 Å². The van der Waals surface area contributed by atoms with Crippen LogP contribution >= 0.6 is 0 Å². The summed E-state index contributed by atoms with van der Waals surface area (Å²) in [4.78, 5) is 32.5. The first-order valence-corrected chi connectivity index (χ1v) is 17.0. The lowest BCUT2D eigenvalue weighted by atomic mass is 9.95. The zero-order valence-corrected chi connectivity index (χ0v) is 27.6. The minimum Gasteiger partial charge on any atom is -0.461 e. The number of fused-ring (bicyclic) bond motifs is 5. The van der Waals surface area contributed by atoms with Gasteiger partial charge in [0.2, 0.25) is 6.21 Å². The number of carbonyl (C=O) groups is 1. The van der Waals surface area contributed by atoms with Gasteiger partial charge in [-0.2, -0.15) is 9.97 Å². The van der Waals surface area contributed by atoms with Crippen molar-refractivity contribution in [3.63, 3.8) is 0 Å². The van der Waals surface area contributed by atoms with Gasteiger partial charge in [-0.3, -0.25) is 20.1 Å². The third-order valence-electron chi connectivity index (χ3n) is 10.4. The summed E-state index contributed by atoms with van der Waals surface area (Å²) < 4.78 is 52.4. The van der Waals surface area contributed by atoms with Crippen molar-refractivity contribution in [3.8, 4) is 29.6 Å². The van der Waals surface area contributed by atoms with Crippen LogP contribution in [0.5, 0.6) is 6.01 Å². The van der Waals surface area contributed by atoms with E-state index in [0.29, 0.717) is 53.6 Å². The lowest BCUT2D eigenvalue weighted by Gasteiger charge is -2.40. The highest BCUT2D eigenvalue weighted by atomic mass is 19.1. The molecule has 4 unspecified atom stereocenters. The summed E-state index contributed by atoms with van der Waals surface area (Å²) in [5.41, 5.74) is -0.149. The molecule has 4 atom stereocenters. The Kier molecular flexibility index (Phi) is 8.65. The molecule has 2 bridgehead atoms. The summed E-state index contributed by atoms with van der Waals surface area (Å²) in [6, 6.07) is 7.85. The molecule has 49 heavy (non-hydrogen) atoms. The van der Waals surface area contributed by atoms with Crippen LogP contribution in [0.1, 0.15) is 51.5 Å². The third-order valence-corrected chi connectivity index (χ3v) is 10.4. The lowest BCUT2D eigenvalue weighted by molar-refractivity contribution is -0.141. The van der Waals surface area contributed by atoms with Crippen molar-refractivity contribution < 1.29 is 28.1 Å². The van der Waals surface area contributed by atoms with Crippen molar-refractivity contribution in [1.82, 2.24) is 24.8 Å². The van der Waals surface area contributed by atoms with Crippen molar-refractivity contribution in [2.75, 3.05) is 37.7 Å². The summed E-state index contributed by atoms with van der Waals surface area (Å²) in [5.74, 6) is 1.32. The smallest absolute Gasteiger partial charge is 0.319 e. The maximum absolute atomic E-state index is 16.8. The Morgan fingerprint density at radius 2 is 1.92 bits per heavy atom. The number of carbonyl (C=O) groups excluding carboxylic acids is 1. The highest BCUT2D eigenvalue weighted by Gasteiger charge is 2.49. The number of rotatable bonds is 6. The average molecular weight is 671 g/mol. The van der Waals surface area contributed by atoms with Crippen molar-refractivity contribution in [2.24, 2.45) is 0 Å². The number of amides is 1. The monoisotopic (exact) mass is 670 g/mol. The van der Waals surface area contributed by atoms with Crippen LogP contribution in [0.25, 0.3) is 32.9 Å². The van der Waals surface area contributed by atoms with Gasteiger partial charge in [0, 0.05) is 43.2 Å². The molecule has 8 rings (SSSR count). The number of piperazine rings is 1. The number of ether oxygens (including phenoxy) is 1. The van der Waals surface area contributed by atoms with E-state index in [2.05, 4.69) is 20.8 Å². The number of anilines is 1. The Bertz CT molecular complexity index is 1990. The predicted molar refractivity (Wildman–Crippen MR) is 182 cm³/mol. The number of terminal acetylenes is 1. The Morgan fingerprint density at radius 3 is 2.65 bits per heavy atom. The molecule has 2 N–H and O–H groups in total. The molecule has 4 aromatic rings. The molecular formula is C37H39F3N7O2+. The molecule has 4 fully saturated rings. The first-order chi connectivity index (χ1) is 23.8. The number of halogens is 3. The minimum absolute atomic E-state index is 0.0117. The van der Waals surface area contributed by atoms with E-state index in [1.54, 1.807) is 24.3 Å². The molecule has 6 heterocycles. The van der Waals surface area contributed by atoms with Crippen LogP contribution in [-0.4, -0.2) is 93.5 Å². The van der Waals surface area contributed by atoms with E-state index in [1.165, 1.54) is 12.3 Å². The fraction of sp³-hybridized carbons (Fsp3) is 0.432. The summed E-state index contributed by atoms with van der Waals surface area (Å²) >= 11 is 0. The lowest BCUT2D eigenvalue weighted by Crippen LogP contribution is -2.58. The normalized spacial score (nSPS) is 24.4. The fourth-order valence-corrected chi connectivity index (χ4v) is 8.38. The fourth-order valence-electron chi connectivity index (χ4n) is 8.38. The third kappa shape index (κ3) is 5.44. The van der Waals surface area contributed by atoms with Crippen LogP contribution in [0.3, 0.4) is 0 Å². The van der Waals surface area contributed by atoms with E-state index in [9.17, 15) is 13.6 Å².